The molecule has 2 rings (SSSR count). The number of anilines is 1. The molecule has 0 spiro atoms. The average Bonchev–Trinajstić information content (AvgIpc) is 2.35. The Bertz CT molecular complexity index is 441. The number of fused-ring (bicyclic) bond motifs is 1. The van der Waals surface area contributed by atoms with Crippen molar-refractivity contribution in [2.75, 3.05) is 5.73 Å². The van der Waals surface area contributed by atoms with E-state index in [2.05, 4.69) is 5.16 Å². The molecule has 0 unspecified atom stereocenters. The summed E-state index contributed by atoms with van der Waals surface area (Å²) < 4.78 is 17.7. The first-order chi connectivity index (χ1) is 5.68. The quantitative estimate of drug-likeness (QED) is 0.667. The fraction of sp³-hybridized carbons (Fsp3) is 0.125. The third kappa shape index (κ3) is 1.45. The molecule has 0 aliphatic carbocycles. The molecular formula is C8H8ClFN2O. The van der Waals surface area contributed by atoms with Gasteiger partial charge in [-0.25, -0.2) is 4.39 Å². The van der Waals surface area contributed by atoms with Gasteiger partial charge in [0.05, 0.1) is 11.4 Å². The molecule has 1 aromatic carbocycles. The third-order valence-electron chi connectivity index (χ3n) is 1.77. The van der Waals surface area contributed by atoms with Crippen molar-refractivity contribution in [1.29, 1.82) is 0 Å². The Balaban J connectivity index is 0.000000845. The first-order valence-corrected chi connectivity index (χ1v) is 3.49. The second-order valence-electron chi connectivity index (χ2n) is 2.64. The molecule has 2 N–H and O–H groups in total. The second kappa shape index (κ2) is 3.22. The highest BCUT2D eigenvalue weighted by atomic mass is 35.5. The van der Waals surface area contributed by atoms with Gasteiger partial charge in [0, 0.05) is 11.5 Å². The molecule has 0 amide bonds. The molecule has 13 heavy (non-hydrogen) atoms. The Hall–Kier alpha value is -1.29. The SMILES string of the molecule is Cc1noc2cc(F)c(N)cc12.Cl. The summed E-state index contributed by atoms with van der Waals surface area (Å²) in [6, 6.07) is 2.77. The molecule has 2 aromatic rings. The summed E-state index contributed by atoms with van der Waals surface area (Å²) in [5, 5.41) is 4.44. The lowest BCUT2D eigenvalue weighted by atomic mass is 10.2. The van der Waals surface area contributed by atoms with Crippen LogP contribution in [0.25, 0.3) is 11.0 Å². The van der Waals surface area contributed by atoms with Crippen LogP contribution in [0.1, 0.15) is 5.69 Å². The van der Waals surface area contributed by atoms with Gasteiger partial charge in [0.2, 0.25) is 0 Å². The van der Waals surface area contributed by atoms with Crippen molar-refractivity contribution in [3.05, 3.63) is 23.6 Å². The largest absolute Gasteiger partial charge is 0.396 e. The maximum Gasteiger partial charge on any atom is 0.170 e. The van der Waals surface area contributed by atoms with Gasteiger partial charge in [0.1, 0.15) is 5.82 Å². The normalized spacial score (nSPS) is 10.0. The lowest BCUT2D eigenvalue weighted by molar-refractivity contribution is 0.449. The number of hydrogen-bond acceptors (Lipinski definition) is 3. The zero-order valence-electron chi connectivity index (χ0n) is 6.87. The van der Waals surface area contributed by atoms with Crippen molar-refractivity contribution in [3.63, 3.8) is 0 Å². The minimum atomic E-state index is -0.473. The van der Waals surface area contributed by atoms with E-state index in [4.69, 9.17) is 10.3 Å². The molecule has 1 heterocycles. The molecule has 5 heteroatoms. The maximum atomic E-state index is 12.8. The van der Waals surface area contributed by atoms with Crippen molar-refractivity contribution >= 4 is 29.1 Å². The van der Waals surface area contributed by atoms with E-state index in [0.29, 0.717) is 5.58 Å². The van der Waals surface area contributed by atoms with Crippen molar-refractivity contribution in [2.24, 2.45) is 0 Å². The van der Waals surface area contributed by atoms with E-state index in [-0.39, 0.29) is 18.1 Å². The van der Waals surface area contributed by atoms with E-state index in [9.17, 15) is 4.39 Å². The Morgan fingerprint density at radius 1 is 1.46 bits per heavy atom. The molecule has 0 saturated carbocycles. The van der Waals surface area contributed by atoms with E-state index in [0.717, 1.165) is 11.1 Å². The van der Waals surface area contributed by atoms with E-state index < -0.39 is 5.82 Å². The van der Waals surface area contributed by atoms with Crippen LogP contribution >= 0.6 is 12.4 Å². The predicted molar refractivity (Wildman–Crippen MR) is 50.4 cm³/mol. The van der Waals surface area contributed by atoms with Crippen LogP contribution < -0.4 is 5.73 Å². The van der Waals surface area contributed by atoms with Crippen LogP contribution in [-0.4, -0.2) is 5.16 Å². The standard InChI is InChI=1S/C8H7FN2O.ClH/c1-4-5-2-7(10)6(9)3-8(5)12-11-4;/h2-3H,10H2,1H3;1H. The molecule has 3 nitrogen and oxygen atoms in total. The lowest BCUT2D eigenvalue weighted by Gasteiger charge is -1.94. The van der Waals surface area contributed by atoms with Gasteiger partial charge >= 0.3 is 0 Å². The topological polar surface area (TPSA) is 52.0 Å². The highest BCUT2D eigenvalue weighted by Crippen LogP contribution is 2.22. The first-order valence-electron chi connectivity index (χ1n) is 3.49. The summed E-state index contributed by atoms with van der Waals surface area (Å²) in [7, 11) is 0. The van der Waals surface area contributed by atoms with E-state index >= 15 is 0 Å². The van der Waals surface area contributed by atoms with Crippen LogP contribution in [0.3, 0.4) is 0 Å². The second-order valence-corrected chi connectivity index (χ2v) is 2.64. The summed E-state index contributed by atoms with van der Waals surface area (Å²) in [5.41, 5.74) is 6.64. The number of nitrogens with zero attached hydrogens (tertiary/aromatic N) is 1. The van der Waals surface area contributed by atoms with Crippen molar-refractivity contribution in [1.82, 2.24) is 5.16 Å². The van der Waals surface area contributed by atoms with Gasteiger partial charge in [-0.15, -0.1) is 12.4 Å². The molecule has 0 radical (unpaired) electrons. The van der Waals surface area contributed by atoms with Gasteiger partial charge in [-0.05, 0) is 13.0 Å². The zero-order chi connectivity index (χ0) is 8.72. The predicted octanol–water partition coefficient (Wildman–Crippen LogP) is 2.28. The smallest absolute Gasteiger partial charge is 0.170 e. The molecule has 0 aliphatic heterocycles. The maximum absolute atomic E-state index is 12.8. The number of halogens is 2. The summed E-state index contributed by atoms with van der Waals surface area (Å²) in [6.45, 7) is 1.78. The number of rotatable bonds is 0. The summed E-state index contributed by atoms with van der Waals surface area (Å²) in [4.78, 5) is 0. The van der Waals surface area contributed by atoms with Gasteiger partial charge in [0.25, 0.3) is 0 Å². The highest BCUT2D eigenvalue weighted by Gasteiger charge is 2.07. The lowest BCUT2D eigenvalue weighted by Crippen LogP contribution is -1.89. The van der Waals surface area contributed by atoms with Gasteiger partial charge in [-0.3, -0.25) is 0 Å². The minimum absolute atomic E-state index is 0. The summed E-state index contributed by atoms with van der Waals surface area (Å²) in [6.07, 6.45) is 0. The van der Waals surface area contributed by atoms with Crippen LogP contribution in [0.2, 0.25) is 0 Å². The fourth-order valence-corrected chi connectivity index (χ4v) is 1.10. The van der Waals surface area contributed by atoms with Crippen LogP contribution in [0.15, 0.2) is 16.7 Å². The highest BCUT2D eigenvalue weighted by molar-refractivity contribution is 5.85. The number of benzene rings is 1. The van der Waals surface area contributed by atoms with E-state index in [1.54, 1.807) is 6.92 Å². The van der Waals surface area contributed by atoms with Crippen LogP contribution in [0.4, 0.5) is 10.1 Å². The van der Waals surface area contributed by atoms with Crippen LogP contribution in [0, 0.1) is 12.7 Å². The minimum Gasteiger partial charge on any atom is -0.396 e. The molecule has 0 bridgehead atoms. The molecular weight excluding hydrogens is 195 g/mol. The van der Waals surface area contributed by atoms with Crippen molar-refractivity contribution < 1.29 is 8.91 Å². The molecule has 0 aliphatic rings. The Morgan fingerprint density at radius 3 is 2.85 bits per heavy atom. The van der Waals surface area contributed by atoms with Crippen molar-refractivity contribution in [3.8, 4) is 0 Å². The third-order valence-corrected chi connectivity index (χ3v) is 1.77. The van der Waals surface area contributed by atoms with Gasteiger partial charge in [0.15, 0.2) is 5.58 Å². The fourth-order valence-electron chi connectivity index (χ4n) is 1.10. The average molecular weight is 203 g/mol. The zero-order valence-corrected chi connectivity index (χ0v) is 7.69. The summed E-state index contributed by atoms with van der Waals surface area (Å²) in [5.74, 6) is -0.473. The molecule has 0 fully saturated rings. The Labute approximate surface area is 80.1 Å². The Morgan fingerprint density at radius 2 is 2.15 bits per heavy atom. The number of nitrogens with two attached hydrogens (primary N) is 1. The Kier molecular flexibility index (Phi) is 2.43. The number of aromatic nitrogens is 1. The van der Waals surface area contributed by atoms with Crippen molar-refractivity contribution in [2.45, 2.75) is 6.92 Å². The van der Waals surface area contributed by atoms with Crippen LogP contribution in [0.5, 0.6) is 0 Å². The van der Waals surface area contributed by atoms with Gasteiger partial charge in [-0.1, -0.05) is 5.16 Å². The number of nitrogen functional groups attached to an aromatic ring is 1. The number of hydrogen-bond donors (Lipinski definition) is 1. The molecule has 1 aromatic heterocycles. The van der Waals surface area contributed by atoms with Crippen LogP contribution in [-0.2, 0) is 0 Å². The first kappa shape index (κ1) is 9.80. The van der Waals surface area contributed by atoms with E-state index in [1.807, 2.05) is 0 Å². The summed E-state index contributed by atoms with van der Waals surface area (Å²) >= 11 is 0. The van der Waals surface area contributed by atoms with Gasteiger partial charge in [-0.2, -0.15) is 0 Å². The van der Waals surface area contributed by atoms with Gasteiger partial charge < -0.3 is 10.3 Å². The monoisotopic (exact) mass is 202 g/mol. The number of aryl methyl sites for hydroxylation is 1. The van der Waals surface area contributed by atoms with E-state index in [1.165, 1.54) is 12.1 Å². The molecule has 0 saturated heterocycles. The molecule has 0 atom stereocenters. The molecule has 70 valence electrons.